The summed E-state index contributed by atoms with van der Waals surface area (Å²) >= 11 is 12.1. The van der Waals surface area contributed by atoms with Crippen LogP contribution in [-0.2, 0) is 11.2 Å². The van der Waals surface area contributed by atoms with Gasteiger partial charge >= 0.3 is 5.97 Å². The van der Waals surface area contributed by atoms with Gasteiger partial charge in [-0.05, 0) is 75.1 Å². The SMILES string of the molecule is C/C=C\CCCC(=O)O.OCCc1cc(Cl)cc(OCC2CCC(Cl)C2)c1. The number of unbranched alkanes of at least 4 members (excludes halogenated alkanes) is 1. The number of carbonyl (C=O) groups is 1. The van der Waals surface area contributed by atoms with E-state index in [1.165, 1.54) is 0 Å². The van der Waals surface area contributed by atoms with Crippen LogP contribution in [0.4, 0.5) is 0 Å². The summed E-state index contributed by atoms with van der Waals surface area (Å²) in [6.45, 7) is 2.75. The fourth-order valence-electron chi connectivity index (χ4n) is 2.89. The van der Waals surface area contributed by atoms with Gasteiger partial charge in [-0.2, -0.15) is 0 Å². The smallest absolute Gasteiger partial charge is 0.303 e. The molecule has 1 saturated carbocycles. The molecule has 1 aliphatic carbocycles. The monoisotopic (exact) mass is 416 g/mol. The number of carboxylic acids is 1. The molecule has 0 spiro atoms. The lowest BCUT2D eigenvalue weighted by molar-refractivity contribution is -0.137. The highest BCUT2D eigenvalue weighted by molar-refractivity contribution is 6.30. The van der Waals surface area contributed by atoms with Crippen LogP contribution in [0.1, 0.15) is 51.0 Å². The lowest BCUT2D eigenvalue weighted by Crippen LogP contribution is -2.09. The number of hydrogen-bond acceptors (Lipinski definition) is 3. The maximum absolute atomic E-state index is 9.94. The van der Waals surface area contributed by atoms with Crippen LogP contribution >= 0.6 is 23.2 Å². The summed E-state index contributed by atoms with van der Waals surface area (Å²) in [5.41, 5.74) is 1.00. The first-order valence-electron chi connectivity index (χ1n) is 9.44. The Morgan fingerprint density at radius 1 is 1.33 bits per heavy atom. The second-order valence-corrected chi connectivity index (χ2v) is 7.76. The first-order valence-corrected chi connectivity index (χ1v) is 10.3. The van der Waals surface area contributed by atoms with Crippen LogP contribution in [0.3, 0.4) is 0 Å². The third kappa shape index (κ3) is 11.3. The number of hydrogen-bond donors (Lipinski definition) is 2. The summed E-state index contributed by atoms with van der Waals surface area (Å²) in [6, 6.07) is 5.61. The first-order chi connectivity index (χ1) is 12.9. The average Bonchev–Trinajstić information content (AvgIpc) is 3.03. The molecule has 1 aliphatic rings. The predicted octanol–water partition coefficient (Wildman–Crippen LogP) is 5.48. The van der Waals surface area contributed by atoms with Gasteiger partial charge in [0.2, 0.25) is 0 Å². The number of aliphatic carboxylic acids is 1. The van der Waals surface area contributed by atoms with Gasteiger partial charge in [0.25, 0.3) is 0 Å². The van der Waals surface area contributed by atoms with E-state index in [1.807, 2.05) is 37.3 Å². The minimum atomic E-state index is -0.709. The summed E-state index contributed by atoms with van der Waals surface area (Å²) in [6.07, 6.45) is 9.67. The minimum absolute atomic E-state index is 0.121. The Balaban J connectivity index is 0.000000345. The van der Waals surface area contributed by atoms with Crippen molar-refractivity contribution in [1.82, 2.24) is 0 Å². The third-order valence-electron chi connectivity index (χ3n) is 4.29. The molecule has 0 aliphatic heterocycles. The van der Waals surface area contributed by atoms with Gasteiger partial charge in [0.15, 0.2) is 0 Å². The zero-order chi connectivity index (χ0) is 20.1. The van der Waals surface area contributed by atoms with Crippen LogP contribution in [0.2, 0.25) is 5.02 Å². The van der Waals surface area contributed by atoms with E-state index in [9.17, 15) is 4.79 Å². The minimum Gasteiger partial charge on any atom is -0.493 e. The number of ether oxygens (including phenoxy) is 1. The molecule has 2 atom stereocenters. The number of aliphatic hydroxyl groups excluding tert-OH is 1. The van der Waals surface area contributed by atoms with Crippen LogP contribution in [0.15, 0.2) is 30.4 Å². The highest BCUT2D eigenvalue weighted by Crippen LogP contribution is 2.30. The van der Waals surface area contributed by atoms with Gasteiger partial charge in [0.05, 0.1) is 6.61 Å². The number of halogens is 2. The van der Waals surface area contributed by atoms with Crippen molar-refractivity contribution in [3.63, 3.8) is 0 Å². The van der Waals surface area contributed by atoms with Crippen LogP contribution < -0.4 is 4.74 Å². The number of allylic oxidation sites excluding steroid dienone is 2. The first kappa shape index (κ1) is 23.8. The lowest BCUT2D eigenvalue weighted by atomic mass is 10.1. The molecule has 1 aromatic carbocycles. The van der Waals surface area contributed by atoms with Gasteiger partial charge < -0.3 is 14.9 Å². The van der Waals surface area contributed by atoms with Gasteiger partial charge in [-0.15, -0.1) is 11.6 Å². The molecule has 0 bridgehead atoms. The van der Waals surface area contributed by atoms with E-state index < -0.39 is 5.97 Å². The lowest BCUT2D eigenvalue weighted by Gasteiger charge is -2.13. The Kier molecular flexibility index (Phi) is 12.2. The molecule has 0 amide bonds. The van der Waals surface area contributed by atoms with Crippen molar-refractivity contribution in [2.24, 2.45) is 5.92 Å². The standard InChI is InChI=1S/C14H18Cl2O2.C7H12O2/c15-12-2-1-11(6-12)9-18-14-7-10(3-4-17)5-13(16)8-14;1-2-3-4-5-6-7(8)9/h5,7-8,11-12,17H,1-4,6,9H2;2-3H,4-6H2,1H3,(H,8,9)/b;3-2-. The van der Waals surface area contributed by atoms with E-state index in [4.69, 9.17) is 38.2 Å². The molecule has 0 heterocycles. The molecule has 1 fully saturated rings. The summed E-state index contributed by atoms with van der Waals surface area (Å²) in [5, 5.41) is 18.1. The zero-order valence-corrected chi connectivity index (χ0v) is 17.4. The van der Waals surface area contributed by atoms with E-state index in [0.717, 1.165) is 43.4 Å². The Labute approximate surface area is 172 Å². The van der Waals surface area contributed by atoms with Crippen LogP contribution in [0.25, 0.3) is 0 Å². The van der Waals surface area contributed by atoms with E-state index in [-0.39, 0.29) is 13.0 Å². The van der Waals surface area contributed by atoms with E-state index in [0.29, 0.717) is 29.3 Å². The molecule has 4 nitrogen and oxygen atoms in total. The van der Waals surface area contributed by atoms with Crippen molar-refractivity contribution in [2.75, 3.05) is 13.2 Å². The zero-order valence-electron chi connectivity index (χ0n) is 15.9. The van der Waals surface area contributed by atoms with Crippen molar-refractivity contribution in [3.05, 3.63) is 40.9 Å². The number of alkyl halides is 1. The molecule has 1 aromatic rings. The van der Waals surface area contributed by atoms with Crippen LogP contribution in [-0.4, -0.2) is 34.8 Å². The summed E-state index contributed by atoms with van der Waals surface area (Å²) in [5.74, 6) is 0.622. The summed E-state index contributed by atoms with van der Waals surface area (Å²) < 4.78 is 5.78. The maximum atomic E-state index is 9.94. The van der Waals surface area contributed by atoms with Gasteiger partial charge in [0, 0.05) is 23.4 Å². The van der Waals surface area contributed by atoms with Crippen molar-refractivity contribution < 1.29 is 19.7 Å². The number of aliphatic hydroxyl groups is 1. The Morgan fingerprint density at radius 3 is 2.70 bits per heavy atom. The quantitative estimate of drug-likeness (QED) is 0.317. The fourth-order valence-corrected chi connectivity index (χ4v) is 3.52. The highest BCUT2D eigenvalue weighted by Gasteiger charge is 2.23. The molecule has 0 radical (unpaired) electrons. The number of carboxylic acid groups (broad SMARTS) is 1. The summed E-state index contributed by atoms with van der Waals surface area (Å²) in [7, 11) is 0. The number of rotatable bonds is 9. The topological polar surface area (TPSA) is 66.8 Å². The van der Waals surface area contributed by atoms with E-state index >= 15 is 0 Å². The Morgan fingerprint density at radius 2 is 2.11 bits per heavy atom. The maximum Gasteiger partial charge on any atom is 0.303 e. The third-order valence-corrected chi connectivity index (χ3v) is 4.91. The van der Waals surface area contributed by atoms with Crippen molar-refractivity contribution in [2.45, 2.75) is 57.2 Å². The van der Waals surface area contributed by atoms with Crippen molar-refractivity contribution >= 4 is 29.2 Å². The van der Waals surface area contributed by atoms with Crippen LogP contribution in [0, 0.1) is 5.92 Å². The van der Waals surface area contributed by atoms with Crippen molar-refractivity contribution in [3.8, 4) is 5.75 Å². The largest absolute Gasteiger partial charge is 0.493 e. The molecule has 2 rings (SSSR count). The molecule has 152 valence electrons. The second-order valence-electron chi connectivity index (χ2n) is 6.71. The van der Waals surface area contributed by atoms with E-state index in [1.54, 1.807) is 0 Å². The molecule has 6 heteroatoms. The molecule has 0 saturated heterocycles. The molecule has 2 unspecified atom stereocenters. The average molecular weight is 417 g/mol. The predicted molar refractivity (Wildman–Crippen MR) is 111 cm³/mol. The normalized spacial score (nSPS) is 19.0. The van der Waals surface area contributed by atoms with Gasteiger partial charge in [-0.1, -0.05) is 23.8 Å². The Hall–Kier alpha value is -1.23. The molecule has 27 heavy (non-hydrogen) atoms. The molecular weight excluding hydrogens is 387 g/mol. The fraction of sp³-hybridized carbons (Fsp3) is 0.571. The van der Waals surface area contributed by atoms with Gasteiger partial charge in [-0.25, -0.2) is 0 Å². The van der Waals surface area contributed by atoms with Gasteiger partial charge in [0.1, 0.15) is 5.75 Å². The molecule has 0 aromatic heterocycles. The van der Waals surface area contributed by atoms with Crippen LogP contribution in [0.5, 0.6) is 5.75 Å². The van der Waals surface area contributed by atoms with E-state index in [2.05, 4.69) is 0 Å². The molecular formula is C21H30Cl2O4. The highest BCUT2D eigenvalue weighted by atomic mass is 35.5. The summed E-state index contributed by atoms with van der Waals surface area (Å²) in [4.78, 5) is 9.94. The second kappa shape index (κ2) is 13.9. The molecule has 2 N–H and O–H groups in total. The van der Waals surface area contributed by atoms with Crippen molar-refractivity contribution in [1.29, 1.82) is 0 Å². The Bertz CT molecular complexity index is 590. The number of benzene rings is 1. The van der Waals surface area contributed by atoms with Gasteiger partial charge in [-0.3, -0.25) is 4.79 Å².